The number of benzene rings is 1. The third kappa shape index (κ3) is 4.76. The molecule has 1 fully saturated rings. The van der Waals surface area contributed by atoms with Crippen LogP contribution in [0.2, 0.25) is 0 Å². The highest BCUT2D eigenvalue weighted by atomic mass is 16.5. The van der Waals surface area contributed by atoms with E-state index in [0.717, 1.165) is 24.3 Å². The fraction of sp³-hybridized carbons (Fsp3) is 0.611. The van der Waals surface area contributed by atoms with Crippen molar-refractivity contribution in [2.75, 3.05) is 6.54 Å². The summed E-state index contributed by atoms with van der Waals surface area (Å²) in [6.07, 6.45) is 6.90. The molecular formula is C18H27NO2. The van der Waals surface area contributed by atoms with Gasteiger partial charge >= 0.3 is 0 Å². The molecule has 1 aromatic rings. The summed E-state index contributed by atoms with van der Waals surface area (Å²) in [6.45, 7) is 4.71. The van der Waals surface area contributed by atoms with Gasteiger partial charge in [-0.3, -0.25) is 4.79 Å². The van der Waals surface area contributed by atoms with Crippen LogP contribution in [0.25, 0.3) is 0 Å². The van der Waals surface area contributed by atoms with Crippen LogP contribution < -0.4 is 10.1 Å². The summed E-state index contributed by atoms with van der Waals surface area (Å²) in [4.78, 5) is 12.2. The number of rotatable bonds is 6. The van der Waals surface area contributed by atoms with Gasteiger partial charge in [-0.05, 0) is 43.7 Å². The lowest BCUT2D eigenvalue weighted by Gasteiger charge is -2.23. The number of nitrogens with one attached hydrogen (secondary N) is 1. The second kappa shape index (κ2) is 8.06. The lowest BCUT2D eigenvalue weighted by molar-refractivity contribution is -0.127. The van der Waals surface area contributed by atoms with Gasteiger partial charge in [0.25, 0.3) is 5.91 Å². The molecule has 0 aromatic heterocycles. The van der Waals surface area contributed by atoms with Gasteiger partial charge in [0, 0.05) is 6.54 Å². The molecule has 1 amide bonds. The third-order valence-electron chi connectivity index (χ3n) is 4.32. The maximum Gasteiger partial charge on any atom is 0.260 e. The Hall–Kier alpha value is -1.51. The highest BCUT2D eigenvalue weighted by Crippen LogP contribution is 2.23. The Morgan fingerprint density at radius 1 is 1.29 bits per heavy atom. The highest BCUT2D eigenvalue weighted by Gasteiger charge is 2.18. The van der Waals surface area contributed by atoms with Crippen LogP contribution in [0.15, 0.2) is 24.3 Å². The van der Waals surface area contributed by atoms with E-state index in [2.05, 4.69) is 12.2 Å². The minimum absolute atomic E-state index is 0.00789. The lowest BCUT2D eigenvalue weighted by atomic mass is 9.89. The SMILES string of the molecule is CCc1ccccc1O[C@@H](C)C(=O)NCC1CCCCC1. The molecule has 0 saturated heterocycles. The fourth-order valence-electron chi connectivity index (χ4n) is 2.93. The number of ether oxygens (including phenoxy) is 1. The summed E-state index contributed by atoms with van der Waals surface area (Å²) in [5.41, 5.74) is 1.14. The molecule has 1 aliphatic carbocycles. The summed E-state index contributed by atoms with van der Waals surface area (Å²) in [5, 5.41) is 3.05. The van der Waals surface area contributed by atoms with E-state index in [9.17, 15) is 4.79 Å². The highest BCUT2D eigenvalue weighted by molar-refractivity contribution is 5.80. The zero-order valence-corrected chi connectivity index (χ0v) is 13.2. The van der Waals surface area contributed by atoms with E-state index in [0.29, 0.717) is 5.92 Å². The molecule has 3 nitrogen and oxygen atoms in total. The van der Waals surface area contributed by atoms with E-state index in [1.165, 1.54) is 32.1 Å². The Morgan fingerprint density at radius 3 is 2.71 bits per heavy atom. The smallest absolute Gasteiger partial charge is 0.260 e. The zero-order chi connectivity index (χ0) is 15.1. The topological polar surface area (TPSA) is 38.3 Å². The first-order chi connectivity index (χ1) is 10.2. The van der Waals surface area contributed by atoms with Gasteiger partial charge in [-0.15, -0.1) is 0 Å². The van der Waals surface area contributed by atoms with Crippen molar-refractivity contribution >= 4 is 5.91 Å². The van der Waals surface area contributed by atoms with Crippen LogP contribution in [0.1, 0.15) is 51.5 Å². The van der Waals surface area contributed by atoms with Crippen molar-refractivity contribution < 1.29 is 9.53 Å². The molecule has 0 unspecified atom stereocenters. The van der Waals surface area contributed by atoms with E-state index in [-0.39, 0.29) is 5.91 Å². The largest absolute Gasteiger partial charge is 0.481 e. The van der Waals surface area contributed by atoms with Gasteiger partial charge in [-0.25, -0.2) is 0 Å². The van der Waals surface area contributed by atoms with E-state index < -0.39 is 6.10 Å². The van der Waals surface area contributed by atoms with Crippen molar-refractivity contribution in [3.05, 3.63) is 29.8 Å². The van der Waals surface area contributed by atoms with Gasteiger partial charge in [-0.2, -0.15) is 0 Å². The summed E-state index contributed by atoms with van der Waals surface area (Å²) in [5.74, 6) is 1.46. The number of hydrogen-bond donors (Lipinski definition) is 1. The van der Waals surface area contributed by atoms with Gasteiger partial charge in [0.05, 0.1) is 0 Å². The van der Waals surface area contributed by atoms with Crippen molar-refractivity contribution in [1.29, 1.82) is 0 Å². The maximum atomic E-state index is 12.2. The van der Waals surface area contributed by atoms with E-state index in [4.69, 9.17) is 4.74 Å². The van der Waals surface area contributed by atoms with Gasteiger partial charge in [0.15, 0.2) is 6.10 Å². The van der Waals surface area contributed by atoms with Gasteiger partial charge in [0.2, 0.25) is 0 Å². The van der Waals surface area contributed by atoms with Crippen LogP contribution in [-0.4, -0.2) is 18.6 Å². The minimum Gasteiger partial charge on any atom is -0.481 e. The zero-order valence-electron chi connectivity index (χ0n) is 13.2. The number of carbonyl (C=O) groups is 1. The monoisotopic (exact) mass is 289 g/mol. The van der Waals surface area contributed by atoms with Gasteiger partial charge in [-0.1, -0.05) is 44.4 Å². The third-order valence-corrected chi connectivity index (χ3v) is 4.32. The molecule has 0 aliphatic heterocycles. The van der Waals surface area contributed by atoms with Crippen molar-refractivity contribution in [1.82, 2.24) is 5.32 Å². The Labute approximate surface area is 128 Å². The normalized spacial score (nSPS) is 17.2. The number of hydrogen-bond acceptors (Lipinski definition) is 2. The van der Waals surface area contributed by atoms with Crippen LogP contribution in [0.3, 0.4) is 0 Å². The average Bonchev–Trinajstić information content (AvgIpc) is 2.54. The van der Waals surface area contributed by atoms with Crippen LogP contribution in [0.5, 0.6) is 5.75 Å². The lowest BCUT2D eigenvalue weighted by Crippen LogP contribution is -2.39. The molecule has 1 saturated carbocycles. The molecule has 21 heavy (non-hydrogen) atoms. The predicted molar refractivity (Wildman–Crippen MR) is 85.5 cm³/mol. The second-order valence-electron chi connectivity index (χ2n) is 5.97. The summed E-state index contributed by atoms with van der Waals surface area (Å²) < 4.78 is 5.83. The summed E-state index contributed by atoms with van der Waals surface area (Å²) in [6, 6.07) is 7.92. The van der Waals surface area contributed by atoms with Gasteiger partial charge < -0.3 is 10.1 Å². The van der Waals surface area contributed by atoms with E-state index in [1.807, 2.05) is 31.2 Å². The number of aryl methyl sites for hydroxylation is 1. The average molecular weight is 289 g/mol. The molecule has 3 heteroatoms. The molecule has 0 bridgehead atoms. The Morgan fingerprint density at radius 2 is 2.00 bits per heavy atom. The Balaban J connectivity index is 1.81. The van der Waals surface area contributed by atoms with Crippen molar-refractivity contribution in [3.63, 3.8) is 0 Å². The van der Waals surface area contributed by atoms with Crippen LogP contribution in [-0.2, 0) is 11.2 Å². The molecular weight excluding hydrogens is 262 g/mol. The van der Waals surface area contributed by atoms with Crippen molar-refractivity contribution in [2.24, 2.45) is 5.92 Å². The van der Waals surface area contributed by atoms with E-state index >= 15 is 0 Å². The van der Waals surface area contributed by atoms with Crippen LogP contribution in [0, 0.1) is 5.92 Å². The molecule has 0 spiro atoms. The molecule has 1 aliphatic rings. The molecule has 0 radical (unpaired) electrons. The molecule has 0 heterocycles. The molecule has 1 N–H and O–H groups in total. The minimum atomic E-state index is -0.443. The summed E-state index contributed by atoms with van der Waals surface area (Å²) >= 11 is 0. The van der Waals surface area contributed by atoms with E-state index in [1.54, 1.807) is 0 Å². The maximum absolute atomic E-state index is 12.2. The second-order valence-corrected chi connectivity index (χ2v) is 5.97. The van der Waals surface area contributed by atoms with Crippen molar-refractivity contribution in [3.8, 4) is 5.75 Å². The number of amides is 1. The Kier molecular flexibility index (Phi) is 6.09. The Bertz CT molecular complexity index is 452. The standard InChI is InChI=1S/C18H27NO2/c1-3-16-11-7-8-12-17(16)21-14(2)18(20)19-13-15-9-5-4-6-10-15/h7-8,11-12,14-15H,3-6,9-10,13H2,1-2H3,(H,19,20)/t14-/m0/s1. The summed E-state index contributed by atoms with van der Waals surface area (Å²) in [7, 11) is 0. The first-order valence-corrected chi connectivity index (χ1v) is 8.23. The molecule has 1 atom stereocenters. The molecule has 2 rings (SSSR count). The fourth-order valence-corrected chi connectivity index (χ4v) is 2.93. The number of carbonyl (C=O) groups excluding carboxylic acids is 1. The molecule has 1 aromatic carbocycles. The first kappa shape index (κ1) is 15.9. The van der Waals surface area contributed by atoms with Crippen molar-refractivity contribution in [2.45, 2.75) is 58.5 Å². The predicted octanol–water partition coefficient (Wildman–Crippen LogP) is 3.71. The molecule has 116 valence electrons. The quantitative estimate of drug-likeness (QED) is 0.867. The number of para-hydroxylation sites is 1. The van der Waals surface area contributed by atoms with Gasteiger partial charge in [0.1, 0.15) is 5.75 Å². The van der Waals surface area contributed by atoms with Crippen LogP contribution >= 0.6 is 0 Å². The first-order valence-electron chi connectivity index (χ1n) is 8.23. The van der Waals surface area contributed by atoms with Crippen LogP contribution in [0.4, 0.5) is 0 Å².